The number of halogens is 1. The molecule has 0 bridgehead atoms. The van der Waals surface area contributed by atoms with Gasteiger partial charge >= 0.3 is 0 Å². The van der Waals surface area contributed by atoms with Crippen LogP contribution in [-0.4, -0.2) is 58.5 Å². The lowest BCUT2D eigenvalue weighted by Gasteiger charge is -2.24. The van der Waals surface area contributed by atoms with E-state index in [1.54, 1.807) is 24.3 Å². The molecule has 1 aromatic carbocycles. The minimum Gasteiger partial charge on any atom is -0.357 e. The molecule has 1 fully saturated rings. The summed E-state index contributed by atoms with van der Waals surface area (Å²) in [5, 5.41) is 6.70. The molecule has 1 aliphatic rings. The normalized spacial score (nSPS) is 18.2. The third kappa shape index (κ3) is 7.20. The molecule has 0 saturated carbocycles. The van der Waals surface area contributed by atoms with Crippen LogP contribution in [0.3, 0.4) is 0 Å². The lowest BCUT2D eigenvalue weighted by atomic mass is 10.2. The summed E-state index contributed by atoms with van der Waals surface area (Å²) in [6.07, 6.45) is 2.48. The molecule has 154 valence electrons. The summed E-state index contributed by atoms with van der Waals surface area (Å²) in [7, 11) is -1.99. The highest BCUT2D eigenvalue weighted by molar-refractivity contribution is 14.0. The van der Waals surface area contributed by atoms with Crippen LogP contribution in [0.5, 0.6) is 0 Å². The summed E-state index contributed by atoms with van der Waals surface area (Å²) in [4.78, 5) is 7.38. The predicted octanol–water partition coefficient (Wildman–Crippen LogP) is 1.75. The Morgan fingerprint density at radius 1 is 1.22 bits per heavy atom. The highest BCUT2D eigenvalue weighted by Crippen LogP contribution is 2.15. The van der Waals surface area contributed by atoms with Crippen molar-refractivity contribution in [1.29, 1.82) is 0 Å². The fraction of sp³-hybridized carbons (Fsp3) is 0.611. The molecule has 0 aromatic heterocycles. The maximum Gasteiger partial charge on any atom is 0.240 e. The highest BCUT2D eigenvalue weighted by Gasteiger charge is 2.22. The number of aliphatic imine (C=N–C) groups is 1. The molecule has 1 atom stereocenters. The van der Waals surface area contributed by atoms with Gasteiger partial charge in [-0.25, -0.2) is 18.1 Å². The molecule has 1 aliphatic heterocycles. The molecule has 3 N–H and O–H groups in total. The number of guanidine groups is 1. The van der Waals surface area contributed by atoms with Crippen LogP contribution in [-0.2, 0) is 16.6 Å². The van der Waals surface area contributed by atoms with E-state index in [-0.39, 0.29) is 28.9 Å². The molecule has 1 saturated heterocycles. The van der Waals surface area contributed by atoms with Crippen molar-refractivity contribution in [2.75, 3.05) is 33.2 Å². The Labute approximate surface area is 180 Å². The number of likely N-dealkylation sites (tertiary alicyclic amines) is 1. The van der Waals surface area contributed by atoms with Crippen LogP contribution < -0.4 is 15.4 Å². The van der Waals surface area contributed by atoms with E-state index in [2.05, 4.69) is 32.2 Å². The lowest BCUT2D eigenvalue weighted by Crippen LogP contribution is -2.44. The van der Waals surface area contributed by atoms with Gasteiger partial charge in [0.1, 0.15) is 0 Å². The Bertz CT molecular complexity index is 694. The van der Waals surface area contributed by atoms with Crippen LogP contribution in [0.25, 0.3) is 0 Å². The summed E-state index contributed by atoms with van der Waals surface area (Å²) in [6.45, 7) is 8.70. The van der Waals surface area contributed by atoms with Gasteiger partial charge in [-0.1, -0.05) is 19.1 Å². The Hall–Kier alpha value is -0.910. The fourth-order valence-corrected chi connectivity index (χ4v) is 3.89. The number of rotatable bonds is 8. The van der Waals surface area contributed by atoms with Gasteiger partial charge in [-0.3, -0.25) is 4.90 Å². The molecule has 1 heterocycles. The Balaban J connectivity index is 0.00000364. The molecule has 1 unspecified atom stereocenters. The van der Waals surface area contributed by atoms with E-state index >= 15 is 0 Å². The number of hydrogen-bond acceptors (Lipinski definition) is 4. The first-order chi connectivity index (χ1) is 12.5. The molecule has 7 nitrogen and oxygen atoms in total. The van der Waals surface area contributed by atoms with E-state index in [1.165, 1.54) is 26.4 Å². The SMILES string of the molecule is CCNC(=NCc1ccc(S(=O)(=O)NC)cc1)NCC1CCCN1CC.I. The number of likely N-dealkylation sites (N-methyl/N-ethyl adjacent to an activating group) is 1. The van der Waals surface area contributed by atoms with Gasteiger partial charge in [-0.15, -0.1) is 24.0 Å². The van der Waals surface area contributed by atoms with Crippen molar-refractivity contribution in [3.63, 3.8) is 0 Å². The van der Waals surface area contributed by atoms with Crippen LogP contribution in [0.2, 0.25) is 0 Å². The summed E-state index contributed by atoms with van der Waals surface area (Å²) in [5.41, 5.74) is 0.966. The van der Waals surface area contributed by atoms with Crippen molar-refractivity contribution in [3.05, 3.63) is 29.8 Å². The first-order valence-corrected chi connectivity index (χ1v) is 10.8. The van der Waals surface area contributed by atoms with Crippen LogP contribution in [0.15, 0.2) is 34.2 Å². The third-order valence-corrected chi connectivity index (χ3v) is 6.11. The predicted molar refractivity (Wildman–Crippen MR) is 121 cm³/mol. The summed E-state index contributed by atoms with van der Waals surface area (Å²) in [5.74, 6) is 0.794. The van der Waals surface area contributed by atoms with Gasteiger partial charge in [-0.2, -0.15) is 0 Å². The molecular formula is C18H32IN5O2S. The van der Waals surface area contributed by atoms with Gasteiger partial charge in [-0.05, 0) is 57.6 Å². The van der Waals surface area contributed by atoms with Crippen molar-refractivity contribution in [2.45, 2.75) is 44.2 Å². The van der Waals surface area contributed by atoms with Gasteiger partial charge in [0.25, 0.3) is 0 Å². The lowest BCUT2D eigenvalue weighted by molar-refractivity contribution is 0.267. The van der Waals surface area contributed by atoms with Crippen LogP contribution in [0.4, 0.5) is 0 Å². The molecular weight excluding hydrogens is 477 g/mol. The van der Waals surface area contributed by atoms with E-state index in [4.69, 9.17) is 0 Å². The summed E-state index contributed by atoms with van der Waals surface area (Å²) >= 11 is 0. The first-order valence-electron chi connectivity index (χ1n) is 9.28. The van der Waals surface area contributed by atoms with E-state index in [1.807, 2.05) is 6.92 Å². The highest BCUT2D eigenvalue weighted by atomic mass is 127. The molecule has 0 amide bonds. The molecule has 0 aliphatic carbocycles. The van der Waals surface area contributed by atoms with E-state index in [0.29, 0.717) is 12.6 Å². The van der Waals surface area contributed by atoms with E-state index in [0.717, 1.165) is 31.2 Å². The Morgan fingerprint density at radius 3 is 2.52 bits per heavy atom. The Kier molecular flexibility index (Phi) is 10.6. The zero-order valence-electron chi connectivity index (χ0n) is 16.4. The van der Waals surface area contributed by atoms with Gasteiger partial charge in [0, 0.05) is 19.1 Å². The average Bonchev–Trinajstić information content (AvgIpc) is 3.12. The number of hydrogen-bond donors (Lipinski definition) is 3. The number of nitrogens with one attached hydrogen (secondary N) is 3. The number of sulfonamides is 1. The number of nitrogens with zero attached hydrogens (tertiary/aromatic N) is 2. The smallest absolute Gasteiger partial charge is 0.240 e. The van der Waals surface area contributed by atoms with Crippen molar-refractivity contribution in [3.8, 4) is 0 Å². The summed E-state index contributed by atoms with van der Waals surface area (Å²) in [6, 6.07) is 7.37. The van der Waals surface area contributed by atoms with Crippen LogP contribution in [0.1, 0.15) is 32.3 Å². The molecule has 0 radical (unpaired) electrons. The monoisotopic (exact) mass is 509 g/mol. The molecule has 1 aromatic rings. The van der Waals surface area contributed by atoms with Gasteiger partial charge in [0.15, 0.2) is 5.96 Å². The molecule has 9 heteroatoms. The van der Waals surface area contributed by atoms with Crippen molar-refractivity contribution in [2.24, 2.45) is 4.99 Å². The minimum absolute atomic E-state index is 0. The topological polar surface area (TPSA) is 85.8 Å². The summed E-state index contributed by atoms with van der Waals surface area (Å²) < 4.78 is 25.8. The van der Waals surface area contributed by atoms with Crippen LogP contribution in [0, 0.1) is 0 Å². The standard InChI is InChI=1S/C18H31N5O2S.HI/c1-4-20-18(22-14-16-7-6-12-23(16)5-2)21-13-15-8-10-17(11-9-15)26(24,25)19-3;/h8-11,16,19H,4-7,12-14H2,1-3H3,(H2,20,21,22);1H. The second kappa shape index (κ2) is 11.8. The van der Waals surface area contributed by atoms with Gasteiger partial charge < -0.3 is 10.6 Å². The first kappa shape index (κ1) is 24.1. The van der Waals surface area contributed by atoms with Crippen molar-refractivity contribution >= 4 is 40.0 Å². The maximum absolute atomic E-state index is 11.8. The van der Waals surface area contributed by atoms with E-state index in [9.17, 15) is 8.42 Å². The van der Waals surface area contributed by atoms with Gasteiger partial charge in [0.2, 0.25) is 10.0 Å². The minimum atomic E-state index is -3.40. The fourth-order valence-electron chi connectivity index (χ4n) is 3.16. The third-order valence-electron chi connectivity index (χ3n) is 4.68. The zero-order chi connectivity index (χ0) is 19.0. The van der Waals surface area contributed by atoms with Crippen LogP contribution >= 0.6 is 24.0 Å². The molecule has 27 heavy (non-hydrogen) atoms. The second-order valence-corrected chi connectivity index (χ2v) is 8.24. The van der Waals surface area contributed by atoms with Crippen molar-refractivity contribution in [1.82, 2.24) is 20.3 Å². The average molecular weight is 509 g/mol. The van der Waals surface area contributed by atoms with E-state index < -0.39 is 10.0 Å². The second-order valence-electron chi connectivity index (χ2n) is 6.35. The molecule has 0 spiro atoms. The Morgan fingerprint density at radius 2 is 1.93 bits per heavy atom. The zero-order valence-corrected chi connectivity index (χ0v) is 19.5. The van der Waals surface area contributed by atoms with Gasteiger partial charge in [0.05, 0.1) is 11.4 Å². The number of benzene rings is 1. The quantitative estimate of drug-likeness (QED) is 0.283. The largest absolute Gasteiger partial charge is 0.357 e. The van der Waals surface area contributed by atoms with Crippen molar-refractivity contribution < 1.29 is 8.42 Å². The maximum atomic E-state index is 11.8. The molecule has 2 rings (SSSR count).